The average molecular weight is 388 g/mol. The summed E-state index contributed by atoms with van der Waals surface area (Å²) in [6.45, 7) is 4.39. The second kappa shape index (κ2) is 6.52. The van der Waals surface area contributed by atoms with Crippen molar-refractivity contribution in [3.05, 3.63) is 41.7 Å². The summed E-state index contributed by atoms with van der Waals surface area (Å²) in [5, 5.41) is 0. The molecule has 0 N–H and O–H groups in total. The number of piperazine rings is 1. The lowest BCUT2D eigenvalue weighted by Crippen LogP contribution is -2.61. The van der Waals surface area contributed by atoms with Crippen molar-refractivity contribution in [2.45, 2.75) is 25.9 Å². The third-order valence-corrected chi connectivity index (χ3v) is 6.63. The number of aryl methyl sites for hydroxylation is 2. The first-order valence-corrected chi connectivity index (χ1v) is 10.5. The van der Waals surface area contributed by atoms with Crippen LogP contribution in [0, 0.1) is 13.8 Å². The molecule has 2 saturated heterocycles. The highest BCUT2D eigenvalue weighted by molar-refractivity contribution is 7.91. The maximum Gasteiger partial charge on any atom is 0.273 e. The number of carbonyl (C=O) groups excluding carboxylic acids is 1. The highest BCUT2D eigenvalue weighted by Crippen LogP contribution is 2.30. The zero-order valence-corrected chi connectivity index (χ0v) is 15.9. The Kier molecular flexibility index (Phi) is 4.29. The Hall–Kier alpha value is -2.62. The van der Waals surface area contributed by atoms with E-state index in [0.29, 0.717) is 36.3 Å². The predicted octanol–water partition coefficient (Wildman–Crippen LogP) is 0.0114. The molecule has 2 atom stereocenters. The summed E-state index contributed by atoms with van der Waals surface area (Å²) in [5.41, 5.74) is 1.00. The Labute approximate surface area is 157 Å². The van der Waals surface area contributed by atoms with E-state index in [1.165, 1.54) is 0 Å². The normalized spacial score (nSPS) is 23.9. The number of carbonyl (C=O) groups is 1. The first-order chi connectivity index (χ1) is 12.8. The van der Waals surface area contributed by atoms with Crippen molar-refractivity contribution < 1.29 is 13.2 Å². The van der Waals surface area contributed by atoms with Crippen molar-refractivity contribution in [2.24, 2.45) is 0 Å². The Balaban J connectivity index is 1.67. The van der Waals surface area contributed by atoms with Crippen LogP contribution in [0.25, 0.3) is 0 Å². The van der Waals surface area contributed by atoms with Gasteiger partial charge in [-0.3, -0.25) is 4.79 Å². The van der Waals surface area contributed by atoms with Gasteiger partial charge in [-0.2, -0.15) is 0 Å². The topological polar surface area (TPSA) is 109 Å². The van der Waals surface area contributed by atoms with Crippen molar-refractivity contribution in [1.29, 1.82) is 0 Å². The van der Waals surface area contributed by atoms with Crippen LogP contribution in [0.3, 0.4) is 0 Å². The fourth-order valence-electron chi connectivity index (χ4n) is 3.87. The minimum atomic E-state index is -3.26. The van der Waals surface area contributed by atoms with Crippen molar-refractivity contribution in [3.8, 4) is 0 Å². The maximum absolute atomic E-state index is 13.1. The summed E-state index contributed by atoms with van der Waals surface area (Å²) in [7, 11) is -3.26. The lowest BCUT2D eigenvalue weighted by atomic mass is 10.0. The largest absolute Gasteiger partial charge is 0.333 e. The zero-order chi connectivity index (χ0) is 19.2. The molecule has 10 heteroatoms. The van der Waals surface area contributed by atoms with Crippen LogP contribution in [-0.2, 0) is 9.84 Å². The number of hydrogen-bond donors (Lipinski definition) is 0. The Morgan fingerprint density at radius 3 is 2.48 bits per heavy atom. The number of nitrogens with zero attached hydrogens (tertiary/aromatic N) is 6. The summed E-state index contributed by atoms with van der Waals surface area (Å²) in [5.74, 6) is 0.678. The fourth-order valence-corrected chi connectivity index (χ4v) is 5.85. The maximum atomic E-state index is 13.1. The van der Waals surface area contributed by atoms with Crippen LogP contribution in [-0.4, -0.2) is 75.8 Å². The van der Waals surface area contributed by atoms with Gasteiger partial charge >= 0.3 is 0 Å². The smallest absolute Gasteiger partial charge is 0.273 e. The lowest BCUT2D eigenvalue weighted by Gasteiger charge is -2.43. The van der Waals surface area contributed by atoms with E-state index in [0.717, 1.165) is 0 Å². The van der Waals surface area contributed by atoms with Gasteiger partial charge in [0.15, 0.2) is 9.84 Å². The molecule has 0 spiro atoms. The summed E-state index contributed by atoms with van der Waals surface area (Å²) in [4.78, 5) is 33.6. The quantitative estimate of drug-likeness (QED) is 0.708. The third-order valence-electron chi connectivity index (χ3n) is 4.93. The van der Waals surface area contributed by atoms with E-state index in [4.69, 9.17) is 0 Å². The van der Waals surface area contributed by atoms with E-state index in [9.17, 15) is 13.2 Å². The van der Waals surface area contributed by atoms with E-state index in [-0.39, 0.29) is 23.5 Å². The molecule has 0 unspecified atom stereocenters. The van der Waals surface area contributed by atoms with Crippen LogP contribution in [0.1, 0.15) is 22.0 Å². The van der Waals surface area contributed by atoms with Crippen LogP contribution >= 0.6 is 0 Å². The van der Waals surface area contributed by atoms with Gasteiger partial charge in [-0.1, -0.05) is 0 Å². The van der Waals surface area contributed by atoms with Gasteiger partial charge < -0.3 is 9.80 Å². The van der Waals surface area contributed by atoms with Crippen molar-refractivity contribution >= 4 is 21.7 Å². The molecule has 4 heterocycles. The van der Waals surface area contributed by atoms with E-state index >= 15 is 0 Å². The molecule has 142 valence electrons. The van der Waals surface area contributed by atoms with Gasteiger partial charge in [0.05, 0.1) is 23.6 Å². The van der Waals surface area contributed by atoms with Gasteiger partial charge in [0, 0.05) is 31.2 Å². The first kappa shape index (κ1) is 17.8. The van der Waals surface area contributed by atoms with E-state index in [2.05, 4.69) is 19.9 Å². The van der Waals surface area contributed by atoms with E-state index in [1.54, 1.807) is 43.3 Å². The molecule has 4 rings (SSSR count). The van der Waals surface area contributed by atoms with Crippen LogP contribution in [0.2, 0.25) is 0 Å². The molecule has 2 fully saturated rings. The molecule has 0 aliphatic carbocycles. The molecule has 0 radical (unpaired) electrons. The SMILES string of the molecule is Cc1cc(C(=O)N2CCN(c3ncccn3)[C@@H]3CS(=O)(=O)C[C@@H]32)nc(C)n1. The van der Waals surface area contributed by atoms with E-state index in [1.807, 2.05) is 4.90 Å². The summed E-state index contributed by atoms with van der Waals surface area (Å²) in [6.07, 6.45) is 3.26. The van der Waals surface area contributed by atoms with Gasteiger partial charge in [-0.15, -0.1) is 0 Å². The van der Waals surface area contributed by atoms with Crippen molar-refractivity contribution in [3.63, 3.8) is 0 Å². The van der Waals surface area contributed by atoms with Crippen LogP contribution in [0.5, 0.6) is 0 Å². The van der Waals surface area contributed by atoms with Crippen LogP contribution in [0.4, 0.5) is 5.95 Å². The average Bonchev–Trinajstić information content (AvgIpc) is 2.95. The second-order valence-electron chi connectivity index (χ2n) is 6.89. The van der Waals surface area contributed by atoms with Crippen LogP contribution in [0.15, 0.2) is 24.5 Å². The van der Waals surface area contributed by atoms with Gasteiger partial charge in [0.1, 0.15) is 11.5 Å². The number of rotatable bonds is 2. The van der Waals surface area contributed by atoms with Gasteiger partial charge in [-0.05, 0) is 26.0 Å². The molecule has 0 bridgehead atoms. The molecule has 2 aromatic rings. The molecular formula is C17H20N6O3S. The summed E-state index contributed by atoms with van der Waals surface area (Å²) < 4.78 is 24.7. The van der Waals surface area contributed by atoms with Gasteiger partial charge in [0.25, 0.3) is 5.91 Å². The fraction of sp³-hybridized carbons (Fsp3) is 0.471. The number of amides is 1. The zero-order valence-electron chi connectivity index (χ0n) is 15.1. The molecule has 27 heavy (non-hydrogen) atoms. The molecule has 0 aromatic carbocycles. The molecule has 0 saturated carbocycles. The minimum Gasteiger partial charge on any atom is -0.333 e. The molecule has 1 amide bonds. The summed E-state index contributed by atoms with van der Waals surface area (Å²) in [6, 6.07) is 2.54. The second-order valence-corrected chi connectivity index (χ2v) is 9.05. The monoisotopic (exact) mass is 388 g/mol. The van der Waals surface area contributed by atoms with Gasteiger partial charge in [0.2, 0.25) is 5.95 Å². The number of aromatic nitrogens is 4. The number of sulfone groups is 1. The molecule has 2 aliphatic heterocycles. The molecule has 2 aliphatic rings. The highest BCUT2D eigenvalue weighted by atomic mass is 32.2. The summed E-state index contributed by atoms with van der Waals surface area (Å²) >= 11 is 0. The highest BCUT2D eigenvalue weighted by Gasteiger charge is 2.49. The van der Waals surface area contributed by atoms with Crippen LogP contribution < -0.4 is 4.90 Å². The van der Waals surface area contributed by atoms with Crippen molar-refractivity contribution in [2.75, 3.05) is 29.5 Å². The number of fused-ring (bicyclic) bond motifs is 1. The number of hydrogen-bond acceptors (Lipinski definition) is 8. The third kappa shape index (κ3) is 3.36. The van der Waals surface area contributed by atoms with Gasteiger partial charge in [-0.25, -0.2) is 28.4 Å². The Morgan fingerprint density at radius 2 is 1.78 bits per heavy atom. The predicted molar refractivity (Wildman–Crippen MR) is 98.2 cm³/mol. The molecule has 9 nitrogen and oxygen atoms in total. The lowest BCUT2D eigenvalue weighted by molar-refractivity contribution is 0.0641. The molecule has 2 aromatic heterocycles. The molecular weight excluding hydrogens is 368 g/mol. The minimum absolute atomic E-state index is 0.0124. The number of anilines is 1. The van der Waals surface area contributed by atoms with E-state index < -0.39 is 15.9 Å². The Bertz CT molecular complexity index is 961. The first-order valence-electron chi connectivity index (χ1n) is 8.71. The van der Waals surface area contributed by atoms with Crippen molar-refractivity contribution in [1.82, 2.24) is 24.8 Å². The Morgan fingerprint density at radius 1 is 1.07 bits per heavy atom. The standard InChI is InChI=1S/C17H20N6O3S/c1-11-8-13(21-12(2)20-11)16(24)22-6-7-23(17-18-4-3-5-19-17)15-10-27(25,26)9-14(15)22/h3-5,8,14-15H,6-7,9-10H2,1-2H3/t14-,15+/m0/s1.